The van der Waals surface area contributed by atoms with Crippen LogP contribution in [0.25, 0.3) is 33.3 Å². The SMILES string of the molecule is CC.COc1nc(=O)n(-c2ccccc2)c2cc(C3CC3)ccc12.Cc1ccc2c(NCC(F)F)nc(=O)n(-c3ccccc3)c2n1. The molecule has 1 N–H and O–H groups in total. The first kappa shape index (κ1) is 32.9. The van der Waals surface area contributed by atoms with Gasteiger partial charge in [0.1, 0.15) is 5.82 Å². The lowest BCUT2D eigenvalue weighted by Crippen LogP contribution is -2.25. The van der Waals surface area contributed by atoms with Crippen molar-refractivity contribution in [3.63, 3.8) is 0 Å². The fourth-order valence-corrected chi connectivity index (χ4v) is 5.18. The van der Waals surface area contributed by atoms with E-state index in [0.717, 1.165) is 16.6 Å². The van der Waals surface area contributed by atoms with Gasteiger partial charge in [-0.05, 0) is 79.8 Å². The Balaban J connectivity index is 0.000000175. The van der Waals surface area contributed by atoms with Crippen LogP contribution in [0.4, 0.5) is 14.6 Å². The highest BCUT2D eigenvalue weighted by Gasteiger charge is 2.24. The quantitative estimate of drug-likeness (QED) is 0.200. The van der Waals surface area contributed by atoms with Crippen LogP contribution in [0.3, 0.4) is 0 Å². The van der Waals surface area contributed by atoms with Crippen molar-refractivity contribution < 1.29 is 13.5 Å². The Bertz CT molecular complexity index is 2100. The molecule has 9 nitrogen and oxygen atoms in total. The minimum absolute atomic E-state index is 0.116. The highest BCUT2D eigenvalue weighted by Crippen LogP contribution is 2.41. The van der Waals surface area contributed by atoms with Crippen LogP contribution in [-0.4, -0.2) is 44.2 Å². The molecule has 242 valence electrons. The fraction of sp³-hybridized carbons (Fsp3) is 0.250. The maximum atomic E-state index is 12.5. The van der Waals surface area contributed by atoms with Crippen molar-refractivity contribution >= 4 is 27.8 Å². The van der Waals surface area contributed by atoms with Crippen molar-refractivity contribution in [1.82, 2.24) is 24.1 Å². The normalized spacial score (nSPS) is 12.2. The van der Waals surface area contributed by atoms with E-state index in [1.54, 1.807) is 55.0 Å². The highest BCUT2D eigenvalue weighted by molar-refractivity contribution is 5.88. The largest absolute Gasteiger partial charge is 0.480 e. The minimum atomic E-state index is -2.54. The zero-order valence-electron chi connectivity index (χ0n) is 26.7. The van der Waals surface area contributed by atoms with Crippen LogP contribution in [0.5, 0.6) is 5.88 Å². The van der Waals surface area contributed by atoms with Crippen LogP contribution in [-0.2, 0) is 0 Å². The van der Waals surface area contributed by atoms with Gasteiger partial charge in [-0.25, -0.2) is 27.9 Å². The number of aromatic nitrogens is 5. The summed E-state index contributed by atoms with van der Waals surface area (Å²) in [6.07, 6.45) is -0.0890. The minimum Gasteiger partial charge on any atom is -0.480 e. The average molecular weight is 639 g/mol. The van der Waals surface area contributed by atoms with Crippen molar-refractivity contribution in [3.05, 3.63) is 123 Å². The predicted molar refractivity (Wildman–Crippen MR) is 182 cm³/mol. The first-order valence-electron chi connectivity index (χ1n) is 15.5. The monoisotopic (exact) mass is 638 g/mol. The van der Waals surface area contributed by atoms with Crippen molar-refractivity contribution in [2.45, 2.75) is 46.0 Å². The van der Waals surface area contributed by atoms with Crippen molar-refractivity contribution in [3.8, 4) is 17.3 Å². The number of ether oxygens (including phenoxy) is 1. The number of rotatable bonds is 7. The van der Waals surface area contributed by atoms with Crippen molar-refractivity contribution in [2.24, 2.45) is 0 Å². The summed E-state index contributed by atoms with van der Waals surface area (Å²) in [5.74, 6) is 1.13. The lowest BCUT2D eigenvalue weighted by molar-refractivity contribution is 0.163. The van der Waals surface area contributed by atoms with Crippen molar-refractivity contribution in [1.29, 1.82) is 0 Å². The van der Waals surface area contributed by atoms with E-state index in [2.05, 4.69) is 32.4 Å². The lowest BCUT2D eigenvalue weighted by atomic mass is 10.1. The third kappa shape index (κ3) is 7.35. The summed E-state index contributed by atoms with van der Waals surface area (Å²) >= 11 is 0. The molecule has 0 saturated heterocycles. The number of nitrogens with one attached hydrogen (secondary N) is 1. The van der Waals surface area contributed by atoms with E-state index in [1.165, 1.54) is 23.0 Å². The zero-order valence-corrected chi connectivity index (χ0v) is 26.7. The van der Waals surface area contributed by atoms with Crippen LogP contribution < -0.4 is 21.4 Å². The topological polar surface area (TPSA) is 104 Å². The second-order valence-corrected chi connectivity index (χ2v) is 10.6. The molecule has 6 aromatic rings. The number of methoxy groups -OCH3 is 1. The van der Waals surface area contributed by atoms with E-state index in [4.69, 9.17) is 4.74 Å². The van der Waals surface area contributed by atoms with Crippen LogP contribution in [0.1, 0.15) is 43.9 Å². The smallest absolute Gasteiger partial charge is 0.355 e. The Morgan fingerprint density at radius 1 is 0.809 bits per heavy atom. The molecular weight excluding hydrogens is 602 g/mol. The van der Waals surface area contributed by atoms with Gasteiger partial charge in [-0.1, -0.05) is 56.3 Å². The van der Waals surface area contributed by atoms with Gasteiger partial charge in [0.15, 0.2) is 5.65 Å². The third-order valence-electron chi connectivity index (χ3n) is 7.46. The second kappa shape index (κ2) is 14.8. The summed E-state index contributed by atoms with van der Waals surface area (Å²) in [6.45, 7) is 5.22. The Hall–Kier alpha value is -5.45. The fourth-order valence-electron chi connectivity index (χ4n) is 5.18. The number of fused-ring (bicyclic) bond motifs is 2. The Morgan fingerprint density at radius 3 is 2.00 bits per heavy atom. The number of alkyl halides is 2. The summed E-state index contributed by atoms with van der Waals surface area (Å²) < 4.78 is 33.2. The predicted octanol–water partition coefficient (Wildman–Crippen LogP) is 7.06. The molecule has 1 saturated carbocycles. The number of anilines is 1. The average Bonchev–Trinajstić information content (AvgIpc) is 3.94. The van der Waals surface area contributed by atoms with E-state index >= 15 is 0 Å². The molecule has 7 rings (SSSR count). The maximum absolute atomic E-state index is 12.5. The molecule has 11 heteroatoms. The van der Waals surface area contributed by atoms with E-state index in [-0.39, 0.29) is 11.5 Å². The number of pyridine rings is 1. The van der Waals surface area contributed by atoms with Gasteiger partial charge in [0.05, 0.1) is 41.3 Å². The van der Waals surface area contributed by atoms with Crippen LogP contribution >= 0.6 is 0 Å². The number of halogens is 2. The molecule has 0 radical (unpaired) electrons. The summed E-state index contributed by atoms with van der Waals surface area (Å²) in [6, 6.07) is 28.3. The number of aryl methyl sites for hydroxylation is 1. The zero-order chi connectivity index (χ0) is 33.5. The van der Waals surface area contributed by atoms with Crippen LogP contribution in [0, 0.1) is 6.92 Å². The molecular formula is C36H36F2N6O3. The molecule has 1 fully saturated rings. The molecule has 0 aliphatic heterocycles. The second-order valence-electron chi connectivity index (χ2n) is 10.6. The maximum Gasteiger partial charge on any atom is 0.355 e. The molecule has 1 aliphatic carbocycles. The molecule has 0 atom stereocenters. The summed E-state index contributed by atoms with van der Waals surface area (Å²) in [5, 5.41) is 3.88. The first-order valence-corrected chi connectivity index (χ1v) is 15.5. The number of nitrogens with zero attached hydrogens (tertiary/aromatic N) is 5. The van der Waals surface area contributed by atoms with Gasteiger partial charge in [0.25, 0.3) is 6.43 Å². The number of hydrogen-bond acceptors (Lipinski definition) is 7. The Labute approximate surface area is 270 Å². The summed E-state index contributed by atoms with van der Waals surface area (Å²) in [4.78, 5) is 37.2. The lowest BCUT2D eigenvalue weighted by Gasteiger charge is -2.13. The van der Waals surface area contributed by atoms with Gasteiger partial charge in [-0.3, -0.25) is 4.57 Å². The first-order chi connectivity index (χ1) is 22.8. The van der Waals surface area contributed by atoms with Gasteiger partial charge in [0.2, 0.25) is 5.88 Å². The van der Waals surface area contributed by atoms with E-state index in [9.17, 15) is 18.4 Å². The summed E-state index contributed by atoms with van der Waals surface area (Å²) in [5.41, 5.74) is 3.79. The molecule has 3 aromatic carbocycles. The van der Waals surface area contributed by atoms with Gasteiger partial charge < -0.3 is 10.1 Å². The Kier molecular flexibility index (Phi) is 10.3. The molecule has 47 heavy (non-hydrogen) atoms. The van der Waals surface area contributed by atoms with E-state index < -0.39 is 18.7 Å². The number of hydrogen-bond donors (Lipinski definition) is 1. The molecule has 0 bridgehead atoms. The van der Waals surface area contributed by atoms with Gasteiger partial charge in [-0.15, -0.1) is 0 Å². The molecule has 0 amide bonds. The molecule has 1 aliphatic rings. The Morgan fingerprint density at radius 2 is 1.40 bits per heavy atom. The molecule has 0 spiro atoms. The molecule has 0 unspecified atom stereocenters. The van der Waals surface area contributed by atoms with E-state index in [1.807, 2.05) is 56.3 Å². The third-order valence-corrected chi connectivity index (χ3v) is 7.46. The van der Waals surface area contributed by atoms with Gasteiger partial charge in [0, 0.05) is 5.69 Å². The van der Waals surface area contributed by atoms with Gasteiger partial charge >= 0.3 is 11.4 Å². The highest BCUT2D eigenvalue weighted by atomic mass is 19.3. The number of para-hydroxylation sites is 2. The van der Waals surface area contributed by atoms with E-state index in [0.29, 0.717) is 34.2 Å². The number of benzene rings is 3. The standard InChI is InChI=1S/C18H16N2O2.C16H14F2N4O.C2H6/c1-22-17-15-10-9-13(12-7-8-12)11-16(15)20(18(21)19-17)14-5-3-2-4-6-14;1-10-7-8-12-14(19-9-13(17)18)21-16(23)22(15(12)20-10)11-5-3-2-4-6-11;1-2/h2-6,9-12H,7-8H2,1H3;2-8,13H,9H2,1H3,(H,19,21,23);1-2H3. The van der Waals surface area contributed by atoms with Gasteiger partial charge in [-0.2, -0.15) is 9.97 Å². The molecule has 3 heterocycles. The van der Waals surface area contributed by atoms with Crippen LogP contribution in [0.2, 0.25) is 0 Å². The van der Waals surface area contributed by atoms with Crippen LogP contribution in [0.15, 0.2) is 101 Å². The summed E-state index contributed by atoms with van der Waals surface area (Å²) in [7, 11) is 1.54. The van der Waals surface area contributed by atoms with Crippen molar-refractivity contribution in [2.75, 3.05) is 19.0 Å². The molecule has 3 aromatic heterocycles.